The van der Waals surface area contributed by atoms with E-state index in [1.165, 1.54) is 6.07 Å². The van der Waals surface area contributed by atoms with E-state index in [-0.39, 0.29) is 5.82 Å². The van der Waals surface area contributed by atoms with Crippen LogP contribution < -0.4 is 5.32 Å². The molecule has 1 heterocycles. The lowest BCUT2D eigenvalue weighted by Crippen LogP contribution is -2.01. The normalized spacial score (nSPS) is 11.1. The first kappa shape index (κ1) is 14.9. The summed E-state index contributed by atoms with van der Waals surface area (Å²) in [5.41, 5.74) is 3.33. The Labute approximate surface area is 133 Å². The average Bonchev–Trinajstić information content (AvgIpc) is 2.82. The third-order valence-corrected chi connectivity index (χ3v) is 4.00. The molecule has 0 saturated carbocycles. The number of anilines is 1. The lowest BCUT2D eigenvalue weighted by atomic mass is 10.1. The fraction of sp³-hybridized carbons (Fsp3) is 0.235. The standard InChI is InChI=1S/C17H17ClFN3/c1-3-15-13-8-16(14(19)9-17(13)22(2)21-15)20-10-11-4-6-12(18)7-5-11/h4-9,20H,3,10H2,1-2H3. The van der Waals surface area contributed by atoms with Crippen molar-refractivity contribution in [3.63, 3.8) is 0 Å². The first-order valence-corrected chi connectivity index (χ1v) is 7.59. The summed E-state index contributed by atoms with van der Waals surface area (Å²) < 4.78 is 16.0. The van der Waals surface area contributed by atoms with E-state index in [2.05, 4.69) is 10.4 Å². The van der Waals surface area contributed by atoms with Crippen LogP contribution in [-0.2, 0) is 20.0 Å². The molecular formula is C17H17ClFN3. The monoisotopic (exact) mass is 317 g/mol. The van der Waals surface area contributed by atoms with E-state index in [0.717, 1.165) is 28.6 Å². The van der Waals surface area contributed by atoms with Gasteiger partial charge in [0, 0.05) is 30.1 Å². The van der Waals surface area contributed by atoms with Crippen LogP contribution in [-0.4, -0.2) is 9.78 Å². The van der Waals surface area contributed by atoms with E-state index in [1.54, 1.807) is 4.68 Å². The number of fused-ring (bicyclic) bond motifs is 1. The Kier molecular flexibility index (Phi) is 4.03. The lowest BCUT2D eigenvalue weighted by Gasteiger charge is -2.09. The molecule has 0 fully saturated rings. The Balaban J connectivity index is 1.90. The van der Waals surface area contributed by atoms with Crippen LogP contribution in [0.2, 0.25) is 5.02 Å². The molecule has 3 aromatic rings. The maximum absolute atomic E-state index is 14.3. The Morgan fingerprint density at radius 3 is 2.64 bits per heavy atom. The third kappa shape index (κ3) is 2.79. The summed E-state index contributed by atoms with van der Waals surface area (Å²) in [5.74, 6) is -0.271. The molecule has 0 aliphatic rings. The third-order valence-electron chi connectivity index (χ3n) is 3.75. The molecule has 0 atom stereocenters. The van der Waals surface area contributed by atoms with Crippen LogP contribution in [0.3, 0.4) is 0 Å². The Hall–Kier alpha value is -2.07. The van der Waals surface area contributed by atoms with E-state index in [0.29, 0.717) is 17.3 Å². The SMILES string of the molecule is CCc1nn(C)c2cc(F)c(NCc3ccc(Cl)cc3)cc12. The van der Waals surface area contributed by atoms with Crippen molar-refractivity contribution in [2.75, 3.05) is 5.32 Å². The molecule has 3 rings (SSSR count). The summed E-state index contributed by atoms with van der Waals surface area (Å²) in [7, 11) is 1.84. The van der Waals surface area contributed by atoms with Gasteiger partial charge < -0.3 is 5.32 Å². The molecule has 1 N–H and O–H groups in total. The molecule has 0 radical (unpaired) electrons. The number of aryl methyl sites for hydroxylation is 2. The zero-order chi connectivity index (χ0) is 15.7. The van der Waals surface area contributed by atoms with E-state index < -0.39 is 0 Å². The second-order valence-corrected chi connectivity index (χ2v) is 5.69. The Morgan fingerprint density at radius 1 is 1.23 bits per heavy atom. The van der Waals surface area contributed by atoms with Gasteiger partial charge in [0.25, 0.3) is 0 Å². The predicted octanol–water partition coefficient (Wildman–Crippen LogP) is 4.54. The molecule has 1 aromatic heterocycles. The molecule has 0 aliphatic heterocycles. The van der Waals surface area contributed by atoms with Crippen LogP contribution in [0.5, 0.6) is 0 Å². The largest absolute Gasteiger partial charge is 0.379 e. The molecule has 3 nitrogen and oxygen atoms in total. The molecule has 0 spiro atoms. The highest BCUT2D eigenvalue weighted by Crippen LogP contribution is 2.26. The molecule has 5 heteroatoms. The minimum Gasteiger partial charge on any atom is -0.379 e. The van der Waals surface area contributed by atoms with Gasteiger partial charge in [0.1, 0.15) is 5.82 Å². The van der Waals surface area contributed by atoms with E-state index in [9.17, 15) is 4.39 Å². The van der Waals surface area contributed by atoms with E-state index in [1.807, 2.05) is 44.3 Å². The van der Waals surface area contributed by atoms with Crippen molar-refractivity contribution in [1.82, 2.24) is 9.78 Å². The van der Waals surface area contributed by atoms with Crippen molar-refractivity contribution < 1.29 is 4.39 Å². The molecular weight excluding hydrogens is 301 g/mol. The van der Waals surface area contributed by atoms with Crippen LogP contribution in [0.25, 0.3) is 10.9 Å². The van der Waals surface area contributed by atoms with Gasteiger partial charge in [-0.05, 0) is 30.2 Å². The smallest absolute Gasteiger partial charge is 0.148 e. The summed E-state index contributed by atoms with van der Waals surface area (Å²) in [4.78, 5) is 0. The Morgan fingerprint density at radius 2 is 1.95 bits per heavy atom. The van der Waals surface area contributed by atoms with Gasteiger partial charge in [-0.3, -0.25) is 4.68 Å². The topological polar surface area (TPSA) is 29.9 Å². The van der Waals surface area contributed by atoms with Crippen LogP contribution in [0, 0.1) is 5.82 Å². The number of rotatable bonds is 4. The summed E-state index contributed by atoms with van der Waals surface area (Å²) in [6, 6.07) is 10.9. The first-order chi connectivity index (χ1) is 10.6. The van der Waals surface area contributed by atoms with Crippen LogP contribution in [0.15, 0.2) is 36.4 Å². The van der Waals surface area contributed by atoms with Gasteiger partial charge in [-0.2, -0.15) is 5.10 Å². The zero-order valence-corrected chi connectivity index (χ0v) is 13.3. The predicted molar refractivity (Wildman–Crippen MR) is 88.8 cm³/mol. The van der Waals surface area contributed by atoms with E-state index in [4.69, 9.17) is 11.6 Å². The molecule has 0 saturated heterocycles. The Bertz CT molecular complexity index is 809. The first-order valence-electron chi connectivity index (χ1n) is 7.22. The quantitative estimate of drug-likeness (QED) is 0.765. The number of hydrogen-bond acceptors (Lipinski definition) is 2. The summed E-state index contributed by atoms with van der Waals surface area (Å²) in [5, 5.41) is 9.26. The van der Waals surface area contributed by atoms with Gasteiger partial charge >= 0.3 is 0 Å². The van der Waals surface area contributed by atoms with E-state index >= 15 is 0 Å². The van der Waals surface area contributed by atoms with Gasteiger partial charge in [0.15, 0.2) is 0 Å². The minimum absolute atomic E-state index is 0.271. The van der Waals surface area contributed by atoms with Gasteiger partial charge in [0.05, 0.1) is 16.9 Å². The average molecular weight is 318 g/mol. The number of aromatic nitrogens is 2. The molecule has 0 unspecified atom stereocenters. The maximum atomic E-state index is 14.3. The highest BCUT2D eigenvalue weighted by atomic mass is 35.5. The second kappa shape index (κ2) is 5.97. The van der Waals surface area contributed by atoms with Gasteiger partial charge in [-0.25, -0.2) is 4.39 Å². The highest BCUT2D eigenvalue weighted by Gasteiger charge is 2.12. The fourth-order valence-electron chi connectivity index (χ4n) is 2.55. The second-order valence-electron chi connectivity index (χ2n) is 5.25. The zero-order valence-electron chi connectivity index (χ0n) is 12.5. The van der Waals surface area contributed by atoms with Crippen molar-refractivity contribution in [2.45, 2.75) is 19.9 Å². The number of hydrogen-bond donors (Lipinski definition) is 1. The van der Waals surface area contributed by atoms with Crippen molar-refractivity contribution in [2.24, 2.45) is 7.05 Å². The minimum atomic E-state index is -0.271. The van der Waals surface area contributed by atoms with Crippen LogP contribution in [0.4, 0.5) is 10.1 Å². The summed E-state index contributed by atoms with van der Waals surface area (Å²) >= 11 is 5.87. The number of halogens is 2. The molecule has 114 valence electrons. The summed E-state index contributed by atoms with van der Waals surface area (Å²) in [6.45, 7) is 2.59. The molecule has 2 aromatic carbocycles. The van der Waals surface area contributed by atoms with Gasteiger partial charge in [0.2, 0.25) is 0 Å². The highest BCUT2D eigenvalue weighted by molar-refractivity contribution is 6.30. The molecule has 0 bridgehead atoms. The summed E-state index contributed by atoms with van der Waals surface area (Å²) in [6.07, 6.45) is 0.819. The van der Waals surface area contributed by atoms with Crippen LogP contribution in [0.1, 0.15) is 18.2 Å². The number of nitrogens with zero attached hydrogens (tertiary/aromatic N) is 2. The van der Waals surface area contributed by atoms with Gasteiger partial charge in [-0.15, -0.1) is 0 Å². The maximum Gasteiger partial charge on any atom is 0.148 e. The molecule has 22 heavy (non-hydrogen) atoms. The van der Waals surface area contributed by atoms with Gasteiger partial charge in [-0.1, -0.05) is 30.7 Å². The number of nitrogens with one attached hydrogen (secondary N) is 1. The van der Waals surface area contributed by atoms with Crippen molar-refractivity contribution >= 4 is 28.2 Å². The molecule has 0 amide bonds. The van der Waals surface area contributed by atoms with Crippen molar-refractivity contribution in [3.8, 4) is 0 Å². The van der Waals surface area contributed by atoms with Crippen molar-refractivity contribution in [1.29, 1.82) is 0 Å². The van der Waals surface area contributed by atoms with Crippen LogP contribution >= 0.6 is 11.6 Å². The lowest BCUT2D eigenvalue weighted by molar-refractivity contribution is 0.630. The fourth-order valence-corrected chi connectivity index (χ4v) is 2.67. The number of benzene rings is 2. The van der Waals surface area contributed by atoms with Crippen molar-refractivity contribution in [3.05, 3.63) is 58.5 Å². The molecule has 0 aliphatic carbocycles.